The quantitative estimate of drug-likeness (QED) is 0.868. The monoisotopic (exact) mass is 239 g/mol. The van der Waals surface area contributed by atoms with Gasteiger partial charge in [0.05, 0.1) is 19.2 Å². The molecule has 5 heteroatoms. The Morgan fingerprint density at radius 1 is 1.59 bits per heavy atom. The molecule has 1 heterocycles. The van der Waals surface area contributed by atoms with Gasteiger partial charge in [0, 0.05) is 5.56 Å². The third-order valence-electron chi connectivity index (χ3n) is 2.90. The molecule has 0 aromatic heterocycles. The number of carbonyl (C=O) groups is 1. The number of cyclic esters (lactones) is 1. The first-order chi connectivity index (χ1) is 8.13. The fraction of sp³-hybridized carbons (Fsp3) is 0.417. The number of carbonyl (C=O) groups excluding carboxylic acids is 1. The number of benzene rings is 1. The summed E-state index contributed by atoms with van der Waals surface area (Å²) in [4.78, 5) is 12.8. The highest BCUT2D eigenvalue weighted by molar-refractivity contribution is 5.70. The number of aliphatic hydroxyl groups is 1. The standard InChI is InChI=1S/C12H14FNO3/c1-8-3-2-4-9(11(8)13)5-14-10(6-15)7-17-12(14)16/h2-4,10,15H,5-7H2,1H3/t10-/m1/s1. The van der Waals surface area contributed by atoms with Gasteiger partial charge in [-0.15, -0.1) is 0 Å². The van der Waals surface area contributed by atoms with Crippen LogP contribution >= 0.6 is 0 Å². The summed E-state index contributed by atoms with van der Waals surface area (Å²) in [7, 11) is 0. The van der Waals surface area contributed by atoms with E-state index in [-0.39, 0.29) is 31.6 Å². The van der Waals surface area contributed by atoms with Crippen LogP contribution in [0, 0.1) is 12.7 Å². The minimum atomic E-state index is -0.509. The van der Waals surface area contributed by atoms with E-state index in [9.17, 15) is 9.18 Å². The molecule has 1 N–H and O–H groups in total. The summed E-state index contributed by atoms with van der Waals surface area (Å²) in [5.74, 6) is -0.316. The van der Waals surface area contributed by atoms with Gasteiger partial charge in [0.1, 0.15) is 12.4 Å². The Kier molecular flexibility index (Phi) is 3.28. The van der Waals surface area contributed by atoms with Crippen LogP contribution < -0.4 is 0 Å². The molecular formula is C12H14FNO3. The molecule has 0 radical (unpaired) electrons. The summed E-state index contributed by atoms with van der Waals surface area (Å²) in [6.45, 7) is 1.77. The number of amides is 1. The number of nitrogens with zero attached hydrogens (tertiary/aromatic N) is 1. The number of hydrogen-bond donors (Lipinski definition) is 1. The summed E-state index contributed by atoms with van der Waals surface area (Å²) in [5.41, 5.74) is 0.970. The highest BCUT2D eigenvalue weighted by Crippen LogP contribution is 2.19. The fourth-order valence-electron chi connectivity index (χ4n) is 1.85. The van der Waals surface area contributed by atoms with Crippen LogP contribution in [0.5, 0.6) is 0 Å². The van der Waals surface area contributed by atoms with E-state index in [1.165, 1.54) is 4.90 Å². The van der Waals surface area contributed by atoms with Crippen molar-refractivity contribution in [2.75, 3.05) is 13.2 Å². The predicted molar refractivity (Wildman–Crippen MR) is 58.9 cm³/mol. The van der Waals surface area contributed by atoms with Crippen LogP contribution in [0.1, 0.15) is 11.1 Å². The van der Waals surface area contributed by atoms with Crippen LogP contribution in [-0.4, -0.2) is 35.4 Å². The molecule has 1 amide bonds. The Morgan fingerprint density at radius 2 is 2.35 bits per heavy atom. The molecule has 2 rings (SSSR count). The third-order valence-corrected chi connectivity index (χ3v) is 2.90. The van der Waals surface area contributed by atoms with Crippen LogP contribution in [-0.2, 0) is 11.3 Å². The molecule has 4 nitrogen and oxygen atoms in total. The number of aryl methyl sites for hydroxylation is 1. The third kappa shape index (κ3) is 2.24. The zero-order chi connectivity index (χ0) is 12.4. The molecule has 0 bridgehead atoms. The summed E-state index contributed by atoms with van der Waals surface area (Å²) >= 11 is 0. The zero-order valence-corrected chi connectivity index (χ0v) is 9.52. The van der Waals surface area contributed by atoms with Crippen molar-refractivity contribution in [3.8, 4) is 0 Å². The number of ether oxygens (including phenoxy) is 1. The van der Waals surface area contributed by atoms with Gasteiger partial charge in [0.2, 0.25) is 0 Å². The molecule has 1 aromatic rings. The smallest absolute Gasteiger partial charge is 0.410 e. The van der Waals surface area contributed by atoms with Crippen LogP contribution in [0.2, 0.25) is 0 Å². The molecular weight excluding hydrogens is 225 g/mol. The van der Waals surface area contributed by atoms with Gasteiger partial charge in [-0.25, -0.2) is 9.18 Å². The van der Waals surface area contributed by atoms with E-state index in [2.05, 4.69) is 0 Å². The average molecular weight is 239 g/mol. The van der Waals surface area contributed by atoms with E-state index in [4.69, 9.17) is 9.84 Å². The van der Waals surface area contributed by atoms with Gasteiger partial charge in [-0.05, 0) is 12.5 Å². The first-order valence-corrected chi connectivity index (χ1v) is 5.41. The molecule has 0 spiro atoms. The van der Waals surface area contributed by atoms with Gasteiger partial charge in [-0.2, -0.15) is 0 Å². The molecule has 1 aliphatic rings. The summed E-state index contributed by atoms with van der Waals surface area (Å²) in [6, 6.07) is 4.65. The SMILES string of the molecule is Cc1cccc(CN2C(=O)OC[C@H]2CO)c1F. The lowest BCUT2D eigenvalue weighted by Gasteiger charge is -2.20. The van der Waals surface area contributed by atoms with E-state index >= 15 is 0 Å². The van der Waals surface area contributed by atoms with E-state index in [0.29, 0.717) is 11.1 Å². The Balaban J connectivity index is 2.20. The zero-order valence-electron chi connectivity index (χ0n) is 9.52. The molecule has 92 valence electrons. The average Bonchev–Trinajstić information content (AvgIpc) is 2.66. The van der Waals surface area contributed by atoms with Crippen LogP contribution in [0.4, 0.5) is 9.18 Å². The van der Waals surface area contributed by atoms with Crippen molar-refractivity contribution in [3.63, 3.8) is 0 Å². The van der Waals surface area contributed by atoms with E-state index in [1.807, 2.05) is 0 Å². The molecule has 1 aromatic carbocycles. The Morgan fingerprint density at radius 3 is 3.06 bits per heavy atom. The summed E-state index contributed by atoms with van der Waals surface area (Å²) in [6.07, 6.45) is -0.509. The number of halogens is 1. The molecule has 17 heavy (non-hydrogen) atoms. The molecule has 1 fully saturated rings. The Labute approximate surface area is 98.6 Å². The lowest BCUT2D eigenvalue weighted by molar-refractivity contribution is 0.150. The second-order valence-electron chi connectivity index (χ2n) is 4.09. The molecule has 1 atom stereocenters. The maximum atomic E-state index is 13.8. The van der Waals surface area contributed by atoms with E-state index < -0.39 is 6.09 Å². The van der Waals surface area contributed by atoms with Crippen LogP contribution in [0.25, 0.3) is 0 Å². The van der Waals surface area contributed by atoms with Crippen molar-refractivity contribution in [2.24, 2.45) is 0 Å². The van der Waals surface area contributed by atoms with Crippen molar-refractivity contribution in [1.82, 2.24) is 4.90 Å². The summed E-state index contributed by atoms with van der Waals surface area (Å²) in [5, 5.41) is 9.09. The predicted octanol–water partition coefficient (Wildman–Crippen LogP) is 1.45. The topological polar surface area (TPSA) is 49.8 Å². The lowest BCUT2D eigenvalue weighted by atomic mass is 10.1. The minimum Gasteiger partial charge on any atom is -0.447 e. The largest absolute Gasteiger partial charge is 0.447 e. The second-order valence-corrected chi connectivity index (χ2v) is 4.09. The Hall–Kier alpha value is -1.62. The minimum absolute atomic E-state index is 0.123. The van der Waals surface area contributed by atoms with Gasteiger partial charge >= 0.3 is 6.09 Å². The van der Waals surface area contributed by atoms with E-state index in [0.717, 1.165) is 0 Å². The van der Waals surface area contributed by atoms with Gasteiger partial charge in [0.25, 0.3) is 0 Å². The van der Waals surface area contributed by atoms with Crippen LogP contribution in [0.3, 0.4) is 0 Å². The van der Waals surface area contributed by atoms with Gasteiger partial charge < -0.3 is 9.84 Å². The van der Waals surface area contributed by atoms with Gasteiger partial charge in [-0.3, -0.25) is 4.90 Å². The van der Waals surface area contributed by atoms with Crippen molar-refractivity contribution in [2.45, 2.75) is 19.5 Å². The highest BCUT2D eigenvalue weighted by atomic mass is 19.1. The molecule has 1 saturated heterocycles. The van der Waals surface area contributed by atoms with Gasteiger partial charge in [-0.1, -0.05) is 18.2 Å². The number of rotatable bonds is 3. The van der Waals surface area contributed by atoms with Crippen molar-refractivity contribution in [1.29, 1.82) is 0 Å². The van der Waals surface area contributed by atoms with Crippen molar-refractivity contribution in [3.05, 3.63) is 35.1 Å². The Bertz CT molecular complexity index is 436. The van der Waals surface area contributed by atoms with Crippen molar-refractivity contribution < 1.29 is 19.0 Å². The normalized spacial score (nSPS) is 19.6. The first-order valence-electron chi connectivity index (χ1n) is 5.41. The van der Waals surface area contributed by atoms with Crippen molar-refractivity contribution >= 4 is 6.09 Å². The highest BCUT2D eigenvalue weighted by Gasteiger charge is 2.32. The molecule has 0 unspecified atom stereocenters. The molecule has 0 saturated carbocycles. The number of aliphatic hydroxyl groups excluding tert-OH is 1. The second kappa shape index (κ2) is 4.71. The maximum Gasteiger partial charge on any atom is 0.410 e. The lowest BCUT2D eigenvalue weighted by Crippen LogP contribution is -2.35. The van der Waals surface area contributed by atoms with E-state index in [1.54, 1.807) is 25.1 Å². The molecule has 0 aliphatic carbocycles. The maximum absolute atomic E-state index is 13.8. The van der Waals surface area contributed by atoms with Gasteiger partial charge in [0.15, 0.2) is 0 Å². The molecule has 1 aliphatic heterocycles. The fourth-order valence-corrected chi connectivity index (χ4v) is 1.85. The summed E-state index contributed by atoms with van der Waals surface area (Å²) < 4.78 is 18.6. The van der Waals surface area contributed by atoms with Crippen LogP contribution in [0.15, 0.2) is 18.2 Å². The number of hydrogen-bond acceptors (Lipinski definition) is 3. The first kappa shape index (κ1) is 11.9.